The Morgan fingerprint density at radius 1 is 1.64 bits per heavy atom. The molecule has 11 heavy (non-hydrogen) atoms. The molecule has 1 aliphatic rings. The molecule has 2 atom stereocenters. The standard InChI is InChI=1S/C7H12Br2O2/c1-10-5-11-3-6-2-7(6,9)4-8/h6H,2-5H2,1H3/t6-,7-/m1/s1. The maximum Gasteiger partial charge on any atom is 0.146 e. The van der Waals surface area contributed by atoms with Crippen molar-refractivity contribution < 1.29 is 9.47 Å². The lowest BCUT2D eigenvalue weighted by Crippen LogP contribution is -2.09. The first-order valence-corrected chi connectivity index (χ1v) is 5.46. The molecule has 0 radical (unpaired) electrons. The highest BCUT2D eigenvalue weighted by Gasteiger charge is 2.51. The van der Waals surface area contributed by atoms with Gasteiger partial charge in [-0.15, -0.1) is 0 Å². The van der Waals surface area contributed by atoms with Crippen LogP contribution in [0.4, 0.5) is 0 Å². The number of methoxy groups -OCH3 is 1. The zero-order chi connectivity index (χ0) is 8.32. The van der Waals surface area contributed by atoms with E-state index in [-0.39, 0.29) is 0 Å². The van der Waals surface area contributed by atoms with E-state index in [1.54, 1.807) is 7.11 Å². The molecule has 0 aliphatic heterocycles. The maximum atomic E-state index is 5.23. The number of rotatable bonds is 5. The second kappa shape index (κ2) is 4.21. The molecule has 0 heterocycles. The summed E-state index contributed by atoms with van der Waals surface area (Å²) in [5, 5.41) is 1.00. The van der Waals surface area contributed by atoms with Gasteiger partial charge in [-0.05, 0) is 12.3 Å². The van der Waals surface area contributed by atoms with Crippen molar-refractivity contribution >= 4 is 31.9 Å². The first-order valence-electron chi connectivity index (χ1n) is 3.54. The lowest BCUT2D eigenvalue weighted by Gasteiger charge is -2.04. The third-order valence-electron chi connectivity index (χ3n) is 1.90. The Kier molecular flexibility index (Phi) is 3.81. The van der Waals surface area contributed by atoms with E-state index in [9.17, 15) is 0 Å². The predicted molar refractivity (Wildman–Crippen MR) is 51.4 cm³/mol. The normalized spacial score (nSPS) is 35.7. The molecule has 1 aliphatic carbocycles. The van der Waals surface area contributed by atoms with Crippen LogP contribution in [0.5, 0.6) is 0 Å². The third kappa shape index (κ3) is 2.68. The second-order valence-electron chi connectivity index (χ2n) is 2.85. The molecule has 0 aromatic carbocycles. The average Bonchev–Trinajstić information content (AvgIpc) is 2.64. The van der Waals surface area contributed by atoms with Crippen LogP contribution < -0.4 is 0 Å². The largest absolute Gasteiger partial charge is 0.359 e. The van der Waals surface area contributed by atoms with Crippen molar-refractivity contribution in [3.8, 4) is 0 Å². The molecule has 0 aromatic heterocycles. The van der Waals surface area contributed by atoms with Crippen LogP contribution in [-0.4, -0.2) is 30.2 Å². The molecule has 1 fully saturated rings. The van der Waals surface area contributed by atoms with E-state index in [1.807, 2.05) is 0 Å². The monoisotopic (exact) mass is 286 g/mol. The van der Waals surface area contributed by atoms with E-state index in [1.165, 1.54) is 6.42 Å². The highest BCUT2D eigenvalue weighted by atomic mass is 79.9. The molecule has 0 unspecified atom stereocenters. The van der Waals surface area contributed by atoms with Crippen LogP contribution >= 0.6 is 31.9 Å². The topological polar surface area (TPSA) is 18.5 Å². The fraction of sp³-hybridized carbons (Fsp3) is 1.00. The van der Waals surface area contributed by atoms with Gasteiger partial charge >= 0.3 is 0 Å². The van der Waals surface area contributed by atoms with E-state index in [0.29, 0.717) is 17.0 Å². The van der Waals surface area contributed by atoms with Crippen LogP contribution in [0.2, 0.25) is 0 Å². The molecule has 66 valence electrons. The lowest BCUT2D eigenvalue weighted by molar-refractivity contribution is -0.0348. The summed E-state index contributed by atoms with van der Waals surface area (Å²) in [5.41, 5.74) is 0. The van der Waals surface area contributed by atoms with Crippen LogP contribution in [0, 0.1) is 5.92 Å². The van der Waals surface area contributed by atoms with E-state index in [4.69, 9.17) is 9.47 Å². The van der Waals surface area contributed by atoms with Crippen molar-refractivity contribution in [1.82, 2.24) is 0 Å². The Labute approximate surface area is 83.9 Å². The summed E-state index contributed by atoms with van der Waals surface area (Å²) in [7, 11) is 1.64. The highest BCUT2D eigenvalue weighted by Crippen LogP contribution is 2.52. The van der Waals surface area contributed by atoms with Crippen molar-refractivity contribution in [2.45, 2.75) is 10.7 Å². The van der Waals surface area contributed by atoms with Gasteiger partial charge in [0, 0.05) is 16.8 Å². The van der Waals surface area contributed by atoms with Crippen LogP contribution in [0.3, 0.4) is 0 Å². The van der Waals surface area contributed by atoms with Crippen LogP contribution in [0.1, 0.15) is 6.42 Å². The summed E-state index contributed by atoms with van der Waals surface area (Å²) < 4.78 is 10.3. The second-order valence-corrected chi connectivity index (χ2v) is 4.99. The average molecular weight is 288 g/mol. The summed E-state index contributed by atoms with van der Waals surface area (Å²) in [5.74, 6) is 0.650. The van der Waals surface area contributed by atoms with Gasteiger partial charge in [-0.1, -0.05) is 31.9 Å². The summed E-state index contributed by atoms with van der Waals surface area (Å²) in [6.07, 6.45) is 1.20. The molecule has 0 spiro atoms. The van der Waals surface area contributed by atoms with Crippen molar-refractivity contribution in [3.05, 3.63) is 0 Å². The predicted octanol–water partition coefficient (Wildman–Crippen LogP) is 2.16. The smallest absolute Gasteiger partial charge is 0.146 e. The molecule has 2 nitrogen and oxygen atoms in total. The molecular weight excluding hydrogens is 276 g/mol. The van der Waals surface area contributed by atoms with Crippen molar-refractivity contribution in [3.63, 3.8) is 0 Å². The Morgan fingerprint density at radius 2 is 2.36 bits per heavy atom. The van der Waals surface area contributed by atoms with Gasteiger partial charge in [0.2, 0.25) is 0 Å². The van der Waals surface area contributed by atoms with Gasteiger partial charge in [-0.2, -0.15) is 0 Å². The van der Waals surface area contributed by atoms with E-state index in [2.05, 4.69) is 31.9 Å². The molecule has 0 saturated heterocycles. The van der Waals surface area contributed by atoms with Crippen molar-refractivity contribution in [2.24, 2.45) is 5.92 Å². The molecule has 1 saturated carbocycles. The molecule has 0 aromatic rings. The Hall–Kier alpha value is 0.880. The van der Waals surface area contributed by atoms with Gasteiger partial charge < -0.3 is 9.47 Å². The summed E-state index contributed by atoms with van der Waals surface area (Å²) >= 11 is 7.09. The summed E-state index contributed by atoms with van der Waals surface area (Å²) in [6.45, 7) is 1.20. The van der Waals surface area contributed by atoms with Crippen LogP contribution in [-0.2, 0) is 9.47 Å². The fourth-order valence-electron chi connectivity index (χ4n) is 0.996. The van der Waals surface area contributed by atoms with E-state index < -0.39 is 0 Å². The van der Waals surface area contributed by atoms with Crippen molar-refractivity contribution in [1.29, 1.82) is 0 Å². The molecule has 1 rings (SSSR count). The number of halogens is 2. The van der Waals surface area contributed by atoms with Gasteiger partial charge in [-0.25, -0.2) is 0 Å². The van der Waals surface area contributed by atoms with E-state index >= 15 is 0 Å². The van der Waals surface area contributed by atoms with Crippen LogP contribution in [0.15, 0.2) is 0 Å². The first-order chi connectivity index (χ1) is 5.23. The molecule has 0 N–H and O–H groups in total. The maximum absolute atomic E-state index is 5.23. The number of hydrogen-bond acceptors (Lipinski definition) is 2. The Morgan fingerprint density at radius 3 is 2.82 bits per heavy atom. The fourth-order valence-corrected chi connectivity index (χ4v) is 2.21. The van der Waals surface area contributed by atoms with Gasteiger partial charge in [0.25, 0.3) is 0 Å². The minimum atomic E-state index is 0.306. The quantitative estimate of drug-likeness (QED) is 0.438. The molecular formula is C7H12Br2O2. The highest BCUT2D eigenvalue weighted by molar-refractivity contribution is 9.12. The zero-order valence-electron chi connectivity index (χ0n) is 6.48. The first kappa shape index (κ1) is 9.96. The SMILES string of the molecule is COCOC[C@H]1C[C@@]1(Br)CBr. The molecule has 4 heteroatoms. The minimum Gasteiger partial charge on any atom is -0.359 e. The third-order valence-corrected chi connectivity index (χ3v) is 4.90. The number of alkyl halides is 2. The lowest BCUT2D eigenvalue weighted by atomic mass is 10.4. The van der Waals surface area contributed by atoms with E-state index in [0.717, 1.165) is 11.9 Å². The minimum absolute atomic E-state index is 0.306. The van der Waals surface area contributed by atoms with Gasteiger partial charge in [-0.3, -0.25) is 0 Å². The van der Waals surface area contributed by atoms with Crippen LogP contribution in [0.25, 0.3) is 0 Å². The summed E-state index contributed by atoms with van der Waals surface area (Å²) in [4.78, 5) is 0. The number of ether oxygens (including phenoxy) is 2. The summed E-state index contributed by atoms with van der Waals surface area (Å²) in [6, 6.07) is 0. The Balaban J connectivity index is 2.04. The number of hydrogen-bond donors (Lipinski definition) is 0. The zero-order valence-corrected chi connectivity index (χ0v) is 9.65. The van der Waals surface area contributed by atoms with Crippen molar-refractivity contribution in [2.75, 3.05) is 25.8 Å². The van der Waals surface area contributed by atoms with Gasteiger partial charge in [0.15, 0.2) is 0 Å². The Bertz CT molecular complexity index is 132. The van der Waals surface area contributed by atoms with Gasteiger partial charge in [0.05, 0.1) is 6.61 Å². The van der Waals surface area contributed by atoms with Gasteiger partial charge in [0.1, 0.15) is 6.79 Å². The molecule has 0 bridgehead atoms. The molecule has 0 amide bonds.